The van der Waals surface area contributed by atoms with E-state index in [1.165, 1.54) is 12.1 Å². The molecule has 0 fully saturated rings. The average Bonchev–Trinajstić information content (AvgIpc) is 2.72. The first-order valence-electron chi connectivity index (χ1n) is 5.39. The minimum Gasteiger partial charge on any atom is -0.397 e. The predicted molar refractivity (Wildman–Crippen MR) is 67.3 cm³/mol. The summed E-state index contributed by atoms with van der Waals surface area (Å²) in [6, 6.07) is 2.56. The Kier molecular flexibility index (Phi) is 3.33. The molecule has 2 aromatic rings. The number of imidazole rings is 1. The van der Waals surface area contributed by atoms with Gasteiger partial charge in [-0.1, -0.05) is 18.5 Å². The first kappa shape index (κ1) is 11.9. The third kappa shape index (κ3) is 2.26. The predicted octanol–water partition coefficient (Wildman–Crippen LogP) is 3.33. The lowest BCUT2D eigenvalue weighted by Crippen LogP contribution is -2.01. The van der Waals surface area contributed by atoms with E-state index in [9.17, 15) is 4.39 Å². The Hall–Kier alpha value is -1.55. The first-order valence-corrected chi connectivity index (χ1v) is 5.77. The van der Waals surface area contributed by atoms with Crippen molar-refractivity contribution in [3.8, 4) is 11.4 Å². The number of hydrogen-bond donors (Lipinski definition) is 1. The lowest BCUT2D eigenvalue weighted by atomic mass is 10.1. The Morgan fingerprint density at radius 2 is 2.24 bits per heavy atom. The number of halogens is 2. The Morgan fingerprint density at radius 3 is 2.94 bits per heavy atom. The van der Waals surface area contributed by atoms with Gasteiger partial charge in [-0.05, 0) is 18.6 Å². The van der Waals surface area contributed by atoms with Crippen molar-refractivity contribution in [2.75, 3.05) is 5.73 Å². The van der Waals surface area contributed by atoms with E-state index in [0.717, 1.165) is 13.0 Å². The quantitative estimate of drug-likeness (QED) is 0.853. The van der Waals surface area contributed by atoms with E-state index in [-0.39, 0.29) is 5.02 Å². The normalized spacial score (nSPS) is 10.8. The van der Waals surface area contributed by atoms with Crippen LogP contribution in [0.1, 0.15) is 13.3 Å². The number of aromatic nitrogens is 2. The summed E-state index contributed by atoms with van der Waals surface area (Å²) in [6.07, 6.45) is 4.48. The summed E-state index contributed by atoms with van der Waals surface area (Å²) in [6.45, 7) is 2.87. The van der Waals surface area contributed by atoms with E-state index < -0.39 is 5.82 Å². The maximum Gasteiger partial charge on any atom is 0.142 e. The van der Waals surface area contributed by atoms with Gasteiger partial charge in [-0.15, -0.1) is 0 Å². The molecule has 0 aliphatic heterocycles. The van der Waals surface area contributed by atoms with Crippen molar-refractivity contribution >= 4 is 17.3 Å². The van der Waals surface area contributed by atoms with Crippen molar-refractivity contribution < 1.29 is 4.39 Å². The zero-order valence-corrected chi connectivity index (χ0v) is 10.2. The summed E-state index contributed by atoms with van der Waals surface area (Å²) in [4.78, 5) is 4.21. The van der Waals surface area contributed by atoms with Gasteiger partial charge >= 0.3 is 0 Å². The van der Waals surface area contributed by atoms with Crippen LogP contribution in [0.15, 0.2) is 24.5 Å². The van der Waals surface area contributed by atoms with Gasteiger partial charge in [0.1, 0.15) is 11.6 Å². The molecule has 1 aromatic carbocycles. The maximum atomic E-state index is 13.3. The van der Waals surface area contributed by atoms with Crippen LogP contribution in [0, 0.1) is 5.82 Å². The molecule has 1 aromatic heterocycles. The molecule has 17 heavy (non-hydrogen) atoms. The lowest BCUT2D eigenvalue weighted by Gasteiger charge is -2.10. The summed E-state index contributed by atoms with van der Waals surface area (Å²) >= 11 is 5.86. The van der Waals surface area contributed by atoms with Crippen LogP contribution in [-0.2, 0) is 6.54 Å². The van der Waals surface area contributed by atoms with Crippen molar-refractivity contribution in [1.29, 1.82) is 0 Å². The van der Waals surface area contributed by atoms with E-state index in [2.05, 4.69) is 11.9 Å². The van der Waals surface area contributed by atoms with E-state index in [4.69, 9.17) is 17.3 Å². The smallest absolute Gasteiger partial charge is 0.142 e. The molecule has 2 rings (SSSR count). The van der Waals surface area contributed by atoms with Crippen LogP contribution >= 0.6 is 11.6 Å². The van der Waals surface area contributed by atoms with Gasteiger partial charge in [0.2, 0.25) is 0 Å². The molecule has 0 atom stereocenters. The fourth-order valence-corrected chi connectivity index (χ4v) is 1.95. The molecule has 0 radical (unpaired) electrons. The number of nitrogens with zero attached hydrogens (tertiary/aromatic N) is 2. The molecule has 0 aliphatic rings. The van der Waals surface area contributed by atoms with E-state index in [1.54, 1.807) is 6.20 Å². The van der Waals surface area contributed by atoms with Crippen molar-refractivity contribution in [2.45, 2.75) is 19.9 Å². The van der Waals surface area contributed by atoms with E-state index in [1.807, 2.05) is 10.8 Å². The first-order chi connectivity index (χ1) is 8.13. The van der Waals surface area contributed by atoms with Gasteiger partial charge in [0.25, 0.3) is 0 Å². The number of nitrogen functional groups attached to an aromatic ring is 1. The minimum absolute atomic E-state index is 0.214. The van der Waals surface area contributed by atoms with Gasteiger partial charge in [-0.2, -0.15) is 0 Å². The van der Waals surface area contributed by atoms with Crippen molar-refractivity contribution in [3.05, 3.63) is 35.4 Å². The van der Waals surface area contributed by atoms with Crippen LogP contribution in [0.5, 0.6) is 0 Å². The maximum absolute atomic E-state index is 13.3. The van der Waals surface area contributed by atoms with Crippen LogP contribution in [0.4, 0.5) is 10.1 Å². The van der Waals surface area contributed by atoms with Gasteiger partial charge in [-0.3, -0.25) is 0 Å². The van der Waals surface area contributed by atoms with Gasteiger partial charge in [0, 0.05) is 24.5 Å². The lowest BCUT2D eigenvalue weighted by molar-refractivity contribution is 0.627. The summed E-state index contributed by atoms with van der Waals surface area (Å²) in [5.41, 5.74) is 6.75. The molecule has 0 aliphatic carbocycles. The number of rotatable bonds is 3. The number of anilines is 1. The number of benzene rings is 1. The molecule has 0 amide bonds. The Bertz CT molecular complexity index is 537. The molecule has 2 N–H and O–H groups in total. The highest BCUT2D eigenvalue weighted by molar-refractivity contribution is 6.33. The standard InChI is InChI=1S/C12H13ClFN3/c1-2-4-17-5-3-16-12(17)9-6-8(14)7-10(13)11(9)15/h3,5-7H,2,4,15H2,1H3. The second-order valence-corrected chi connectivity index (χ2v) is 4.20. The number of nitrogens with two attached hydrogens (primary N) is 1. The Labute approximate surface area is 104 Å². The van der Waals surface area contributed by atoms with Crippen molar-refractivity contribution in [2.24, 2.45) is 0 Å². The van der Waals surface area contributed by atoms with Crippen LogP contribution < -0.4 is 5.73 Å². The van der Waals surface area contributed by atoms with Gasteiger partial charge in [-0.25, -0.2) is 9.37 Å². The number of aryl methyl sites for hydroxylation is 1. The van der Waals surface area contributed by atoms with E-state index in [0.29, 0.717) is 17.1 Å². The summed E-state index contributed by atoms with van der Waals surface area (Å²) in [5, 5.41) is 0.214. The zero-order valence-electron chi connectivity index (χ0n) is 9.45. The zero-order chi connectivity index (χ0) is 12.4. The van der Waals surface area contributed by atoms with Crippen LogP contribution in [0.2, 0.25) is 5.02 Å². The average molecular weight is 254 g/mol. The van der Waals surface area contributed by atoms with E-state index >= 15 is 0 Å². The third-order valence-electron chi connectivity index (χ3n) is 2.52. The molecule has 0 spiro atoms. The molecule has 0 saturated carbocycles. The molecule has 0 bridgehead atoms. The monoisotopic (exact) mass is 253 g/mol. The molecular formula is C12H13ClFN3. The highest BCUT2D eigenvalue weighted by Gasteiger charge is 2.13. The fraction of sp³-hybridized carbons (Fsp3) is 0.250. The fourth-order valence-electron chi connectivity index (χ4n) is 1.74. The largest absolute Gasteiger partial charge is 0.397 e. The second-order valence-electron chi connectivity index (χ2n) is 3.79. The second kappa shape index (κ2) is 4.75. The van der Waals surface area contributed by atoms with Gasteiger partial charge in [0.15, 0.2) is 0 Å². The minimum atomic E-state index is -0.412. The summed E-state index contributed by atoms with van der Waals surface area (Å²) < 4.78 is 15.3. The number of hydrogen-bond acceptors (Lipinski definition) is 2. The van der Waals surface area contributed by atoms with Crippen molar-refractivity contribution in [1.82, 2.24) is 9.55 Å². The van der Waals surface area contributed by atoms with Crippen LogP contribution in [-0.4, -0.2) is 9.55 Å². The topological polar surface area (TPSA) is 43.8 Å². The summed E-state index contributed by atoms with van der Waals surface area (Å²) in [5.74, 6) is 0.232. The third-order valence-corrected chi connectivity index (χ3v) is 2.83. The molecule has 3 nitrogen and oxygen atoms in total. The van der Waals surface area contributed by atoms with Crippen molar-refractivity contribution in [3.63, 3.8) is 0 Å². The molecule has 0 unspecified atom stereocenters. The highest BCUT2D eigenvalue weighted by Crippen LogP contribution is 2.31. The molecule has 5 heteroatoms. The van der Waals surface area contributed by atoms with Gasteiger partial charge in [0.05, 0.1) is 10.7 Å². The summed E-state index contributed by atoms with van der Waals surface area (Å²) in [7, 11) is 0. The van der Waals surface area contributed by atoms with Crippen LogP contribution in [0.25, 0.3) is 11.4 Å². The molecule has 1 heterocycles. The SMILES string of the molecule is CCCn1ccnc1-c1cc(F)cc(Cl)c1N. The van der Waals surface area contributed by atoms with Gasteiger partial charge < -0.3 is 10.3 Å². The molecule has 90 valence electrons. The molecule has 0 saturated heterocycles. The Morgan fingerprint density at radius 1 is 1.47 bits per heavy atom. The van der Waals surface area contributed by atoms with Crippen LogP contribution in [0.3, 0.4) is 0 Å². The highest BCUT2D eigenvalue weighted by atomic mass is 35.5. The Balaban J connectivity index is 2.56. The molecular weight excluding hydrogens is 241 g/mol.